The van der Waals surface area contributed by atoms with E-state index in [9.17, 15) is 67.1 Å². The number of carbonyl (C=O) groups excluding carboxylic acids is 14. The summed E-state index contributed by atoms with van der Waals surface area (Å²) in [6, 6.07) is 12.3. The standard InChI is InChI=1S/C63H95IN12O20P.K/c1-41(2)29-47(60(87)70-33-43(5)77)75-62(89)49(31-44-13-9-7-10-14-44)73-53(80)35-68-56(83)39-95-27-25-92-21-19-65-51(78)18-17-46(72-52(79)34-67-55(82)38-94-24-23-91-6)59(86)66-20-22-93-26-28-96-40-57(84)69-36-54(81)74-50(32-45-15-11-8-12-16-45)63(90)76-48(30-42(3)4)61(88)71-37-58(85)97-64;/h7-16,41-42,46-50H,17-40H2,1-6H3,(H,65,78)(H,66,86)(H,67,82)(H,68,83)(H,69,84)(H,70,87)(H,71,88)(H,72,79)(H,73,80)(H,74,81)(H,75,89)(H,76,90);/q-1;+1. The van der Waals surface area contributed by atoms with E-state index in [0.29, 0.717) is 11.8 Å². The van der Waals surface area contributed by atoms with E-state index in [1.807, 2.05) is 49.7 Å². The largest absolute Gasteiger partial charge is 1.00 e. The van der Waals surface area contributed by atoms with Crippen LogP contribution in [0.2, 0.25) is 0 Å². The molecule has 0 aliphatic carbocycles. The molecule has 0 saturated heterocycles. The van der Waals surface area contributed by atoms with Crippen LogP contribution in [-0.4, -0.2) is 238 Å². The zero-order valence-electron chi connectivity index (χ0n) is 56.8. The number of nitrogens with one attached hydrogen (secondary N) is 12. The molecule has 0 aromatic heterocycles. The molecule has 0 aliphatic rings. The first-order valence-corrected chi connectivity index (χ1v) is 35.3. The topological polar surface area (TPSA) is 439 Å². The van der Waals surface area contributed by atoms with Crippen LogP contribution < -0.4 is 115 Å². The third-order valence-electron chi connectivity index (χ3n) is 13.2. The van der Waals surface area contributed by atoms with Gasteiger partial charge in [-0.15, -0.1) is 0 Å². The van der Waals surface area contributed by atoms with E-state index in [2.05, 4.69) is 63.8 Å². The zero-order chi connectivity index (χ0) is 71.8. The predicted octanol–water partition coefficient (Wildman–Crippen LogP) is -5.27. The molecule has 0 spiro atoms. The third kappa shape index (κ3) is 44.9. The monoisotopic (exact) mass is 1540 g/mol. The van der Waals surface area contributed by atoms with E-state index in [1.165, 1.54) is 14.0 Å². The van der Waals surface area contributed by atoms with Crippen molar-refractivity contribution in [2.24, 2.45) is 11.8 Å². The molecule has 540 valence electrons. The first kappa shape index (κ1) is 90.0. The second-order valence-electron chi connectivity index (χ2n) is 22.6. The van der Waals surface area contributed by atoms with Crippen LogP contribution in [0, 0.1) is 11.8 Å². The summed E-state index contributed by atoms with van der Waals surface area (Å²) in [5, 5.41) is 30.7. The molecule has 5 unspecified atom stereocenters. The molecule has 12 N–H and O–H groups in total. The molecule has 0 saturated carbocycles. The van der Waals surface area contributed by atoms with Crippen LogP contribution >= 0.6 is 28.3 Å². The first-order chi connectivity index (χ1) is 46.4. The Labute approximate surface area is 628 Å². The molecule has 98 heavy (non-hydrogen) atoms. The summed E-state index contributed by atoms with van der Waals surface area (Å²) in [4.78, 5) is 179. The van der Waals surface area contributed by atoms with Gasteiger partial charge in [0, 0.05) is 51.5 Å². The minimum Gasteiger partial charge on any atom is -0.388 e. The molecular formula is C63H95IKN12O20P. The van der Waals surface area contributed by atoms with Crippen LogP contribution in [0.1, 0.15) is 71.4 Å². The Hall–Kier alpha value is -6.02. The smallest absolute Gasteiger partial charge is 0.388 e. The van der Waals surface area contributed by atoms with Crippen molar-refractivity contribution in [1.82, 2.24) is 63.8 Å². The normalized spacial score (nSPS) is 12.5. The molecule has 32 nitrogen and oxygen atoms in total. The number of ether oxygens (including phenoxy) is 6. The molecule has 35 heteroatoms. The van der Waals surface area contributed by atoms with Crippen LogP contribution in [0.15, 0.2) is 60.7 Å². The van der Waals surface area contributed by atoms with Gasteiger partial charge < -0.3 is 125 Å². The number of methoxy groups -OCH3 is 1. The molecule has 0 heterocycles. The number of halogens is 1. The molecule has 5 atom stereocenters. The van der Waals surface area contributed by atoms with Gasteiger partial charge in [-0.2, -0.15) is 0 Å². The van der Waals surface area contributed by atoms with E-state index in [0.717, 1.165) is 5.56 Å². The van der Waals surface area contributed by atoms with Crippen LogP contribution in [0.25, 0.3) is 0 Å². The molecular weight excluding hydrogens is 1440 g/mol. The van der Waals surface area contributed by atoms with Crippen molar-refractivity contribution in [3.05, 3.63) is 71.8 Å². The maximum atomic E-state index is 13.6. The summed E-state index contributed by atoms with van der Waals surface area (Å²) in [6.45, 7) is 5.89. The Balaban J connectivity index is 0.0000480. The van der Waals surface area contributed by atoms with Crippen molar-refractivity contribution < 1.29 is 147 Å². The number of ketones is 1. The van der Waals surface area contributed by atoms with Crippen LogP contribution in [-0.2, 0) is 108 Å². The maximum Gasteiger partial charge on any atom is 1.00 e. The molecule has 2 aromatic rings. The zero-order valence-corrected chi connectivity index (χ0v) is 63.0. The molecule has 0 fully saturated rings. The number of Topliss-reactive ketones (excluding diaryl/α,β-unsaturated/α-hetero) is 1. The van der Waals surface area contributed by atoms with Crippen molar-refractivity contribution >= 4 is 110 Å². The Morgan fingerprint density at radius 3 is 1.17 bits per heavy atom. The fourth-order valence-electron chi connectivity index (χ4n) is 8.49. The number of benzene rings is 2. The molecule has 0 radical (unpaired) electrons. The summed E-state index contributed by atoms with van der Waals surface area (Å²) in [5.41, 5.74) is 1.22. The van der Waals surface area contributed by atoms with Gasteiger partial charge in [0.05, 0.1) is 79.0 Å². The van der Waals surface area contributed by atoms with E-state index in [-0.39, 0.29) is 199 Å². The van der Waals surface area contributed by atoms with Crippen molar-refractivity contribution in [3.8, 4) is 0 Å². The Bertz CT molecular complexity index is 2820. The van der Waals surface area contributed by atoms with Gasteiger partial charge in [0.25, 0.3) is 0 Å². The van der Waals surface area contributed by atoms with E-state index in [1.54, 1.807) is 60.7 Å². The number of amides is 12. The van der Waals surface area contributed by atoms with Crippen molar-refractivity contribution in [2.75, 3.05) is 126 Å². The molecule has 2 rings (SSSR count). The second-order valence-corrected chi connectivity index (χ2v) is 24.7. The minimum absolute atomic E-state index is 0. The first-order valence-electron chi connectivity index (χ1n) is 31.6. The van der Waals surface area contributed by atoms with Crippen molar-refractivity contribution in [1.29, 1.82) is 0 Å². The summed E-state index contributed by atoms with van der Waals surface area (Å²) < 4.78 is 31.7. The number of carbonyl (C=O) groups is 14. The van der Waals surface area contributed by atoms with Crippen molar-refractivity contribution in [2.45, 2.75) is 103 Å². The summed E-state index contributed by atoms with van der Waals surface area (Å²) >= 11 is 1.86. The average molecular weight is 1540 g/mol. The fourth-order valence-corrected chi connectivity index (χ4v) is 9.14. The quantitative estimate of drug-likeness (QED) is 0.0127. The van der Waals surface area contributed by atoms with Gasteiger partial charge in [0.2, 0.25) is 70.9 Å². The average Bonchev–Trinajstić information content (AvgIpc) is 0.934. The Morgan fingerprint density at radius 2 is 0.776 bits per heavy atom. The van der Waals surface area contributed by atoms with E-state index < -0.39 is 134 Å². The Kier molecular flexibility index (Phi) is 50.3. The molecule has 12 amide bonds. The molecule has 2 aromatic carbocycles. The van der Waals surface area contributed by atoms with Gasteiger partial charge in [0.1, 0.15) is 55.8 Å². The van der Waals surface area contributed by atoms with Gasteiger partial charge in [-0.05, 0) is 49.1 Å². The van der Waals surface area contributed by atoms with E-state index in [4.69, 9.17) is 28.4 Å². The predicted molar refractivity (Wildman–Crippen MR) is 362 cm³/mol. The van der Waals surface area contributed by atoms with Crippen LogP contribution in [0.4, 0.5) is 0 Å². The molecule has 0 aliphatic heterocycles. The van der Waals surface area contributed by atoms with Crippen LogP contribution in [0.5, 0.6) is 0 Å². The van der Waals surface area contributed by atoms with Gasteiger partial charge in [0.15, 0.2) is 0 Å². The van der Waals surface area contributed by atoms with Crippen molar-refractivity contribution in [3.63, 3.8) is 0 Å². The molecule has 0 bridgehead atoms. The number of hydrogen-bond donors (Lipinski definition) is 12. The summed E-state index contributed by atoms with van der Waals surface area (Å²) in [7, 11) is 1.46. The Morgan fingerprint density at radius 1 is 0.398 bits per heavy atom. The van der Waals surface area contributed by atoms with Gasteiger partial charge in [-0.1, -0.05) is 88.4 Å². The van der Waals surface area contributed by atoms with Gasteiger partial charge in [-0.3, -0.25) is 62.3 Å². The third-order valence-corrected chi connectivity index (χ3v) is 15.2. The van der Waals surface area contributed by atoms with E-state index >= 15 is 0 Å². The summed E-state index contributed by atoms with van der Waals surface area (Å²) in [6.07, 6.45) is 0.730. The second kappa shape index (κ2) is 54.8. The summed E-state index contributed by atoms with van der Waals surface area (Å²) in [5.74, 6) is -7.81. The van der Waals surface area contributed by atoms with Gasteiger partial charge >= 0.3 is 51.4 Å². The minimum atomic E-state index is -1.23. The number of hydrogen-bond acceptors (Lipinski definition) is 20. The number of rotatable bonds is 53. The maximum absolute atomic E-state index is 13.6. The fraction of sp³-hybridized carbons (Fsp3) is 0.587. The SMILES string of the molecule is COCCOCC(=O)NCC(=O)NC(CCC(=O)NCCOCCOCC(=O)NCC(=O)NC(Cc1ccccc1)C(=O)NC(CC(C)C)C(=O)NCC(C)=O)C(=O)NCCOCCOCC(=O)NCC(=O)NC(Cc1ccccc1)C(=O)NC(CC(C)C)C(=O)NCC(=O)[P-]I.[K+]. The van der Waals surface area contributed by atoms with Gasteiger partial charge in [-0.25, -0.2) is 0 Å². The van der Waals surface area contributed by atoms with Crippen LogP contribution in [0.3, 0.4) is 0 Å².